The number of aryl methyl sites for hydroxylation is 1. The number of halogens is 1. The minimum absolute atomic E-state index is 0.101. The van der Waals surface area contributed by atoms with Crippen LogP contribution in [0.25, 0.3) is 0 Å². The standard InChI is InChI=1S/C19H20BrN3O3/c1-2-3-4-13-5-7-14(8-6-13)21-17(24)11-23-18(25)12-26-15-9-10-16(20)22-19(15)23/h5-10H,2-4,11-12H2,1H3,(H,21,24). The first kappa shape index (κ1) is 18.4. The molecule has 0 unspecified atom stereocenters. The van der Waals surface area contributed by atoms with Gasteiger partial charge in [-0.25, -0.2) is 4.98 Å². The third-order valence-electron chi connectivity index (χ3n) is 4.07. The van der Waals surface area contributed by atoms with Crippen LogP contribution in [0.15, 0.2) is 41.0 Å². The van der Waals surface area contributed by atoms with E-state index in [0.29, 0.717) is 21.9 Å². The Morgan fingerprint density at radius 2 is 2.04 bits per heavy atom. The average molecular weight is 418 g/mol. The first-order chi connectivity index (χ1) is 12.6. The summed E-state index contributed by atoms with van der Waals surface area (Å²) in [4.78, 5) is 30.2. The van der Waals surface area contributed by atoms with Crippen LogP contribution in [0.3, 0.4) is 0 Å². The monoisotopic (exact) mass is 417 g/mol. The number of benzene rings is 1. The van der Waals surface area contributed by atoms with Crippen LogP contribution < -0.4 is 15.0 Å². The van der Waals surface area contributed by atoms with E-state index in [1.807, 2.05) is 24.3 Å². The summed E-state index contributed by atoms with van der Waals surface area (Å²) >= 11 is 3.28. The molecule has 0 saturated heterocycles. The molecule has 0 bridgehead atoms. The van der Waals surface area contributed by atoms with E-state index in [-0.39, 0.29) is 25.0 Å². The van der Waals surface area contributed by atoms with Crippen LogP contribution >= 0.6 is 15.9 Å². The van der Waals surface area contributed by atoms with Crippen molar-refractivity contribution in [1.29, 1.82) is 0 Å². The predicted octanol–water partition coefficient (Wildman–Crippen LogP) is 3.55. The molecule has 26 heavy (non-hydrogen) atoms. The van der Waals surface area contributed by atoms with Gasteiger partial charge in [0.25, 0.3) is 5.91 Å². The lowest BCUT2D eigenvalue weighted by Crippen LogP contribution is -2.44. The molecule has 2 amide bonds. The van der Waals surface area contributed by atoms with Gasteiger partial charge >= 0.3 is 0 Å². The first-order valence-corrected chi connectivity index (χ1v) is 9.34. The van der Waals surface area contributed by atoms with Gasteiger partial charge in [-0.2, -0.15) is 0 Å². The Bertz CT molecular complexity index is 808. The maximum atomic E-state index is 12.4. The molecule has 1 aliphatic heterocycles. The van der Waals surface area contributed by atoms with Crippen LogP contribution in [0.5, 0.6) is 5.75 Å². The molecule has 0 saturated carbocycles. The summed E-state index contributed by atoms with van der Waals surface area (Å²) in [5.74, 6) is 0.254. The number of fused-ring (bicyclic) bond motifs is 1. The number of rotatable bonds is 6. The number of nitrogens with one attached hydrogen (secondary N) is 1. The molecule has 6 nitrogen and oxygen atoms in total. The van der Waals surface area contributed by atoms with Gasteiger partial charge in [0.1, 0.15) is 11.1 Å². The van der Waals surface area contributed by atoms with Crippen molar-refractivity contribution >= 4 is 39.2 Å². The Labute approximate surface area is 160 Å². The number of ether oxygens (including phenoxy) is 1. The molecule has 1 N–H and O–H groups in total. The zero-order valence-corrected chi connectivity index (χ0v) is 16.1. The molecule has 0 spiro atoms. The highest BCUT2D eigenvalue weighted by molar-refractivity contribution is 9.10. The molecule has 1 aromatic carbocycles. The molecule has 3 rings (SSSR count). The quantitative estimate of drug-likeness (QED) is 0.729. The highest BCUT2D eigenvalue weighted by Gasteiger charge is 2.28. The molecule has 1 aliphatic rings. The van der Waals surface area contributed by atoms with Gasteiger partial charge in [-0.1, -0.05) is 25.5 Å². The lowest BCUT2D eigenvalue weighted by Gasteiger charge is -2.27. The zero-order chi connectivity index (χ0) is 18.5. The van der Waals surface area contributed by atoms with Crippen molar-refractivity contribution in [3.05, 3.63) is 46.6 Å². The fourth-order valence-corrected chi connectivity index (χ4v) is 3.00. The van der Waals surface area contributed by atoms with Crippen LogP contribution in [-0.2, 0) is 16.0 Å². The van der Waals surface area contributed by atoms with E-state index in [1.54, 1.807) is 12.1 Å². The lowest BCUT2D eigenvalue weighted by molar-refractivity contribution is -0.123. The van der Waals surface area contributed by atoms with Crippen molar-refractivity contribution in [1.82, 2.24) is 4.98 Å². The van der Waals surface area contributed by atoms with E-state index in [9.17, 15) is 9.59 Å². The normalized spacial score (nSPS) is 13.2. The fourth-order valence-electron chi connectivity index (χ4n) is 2.70. The van der Waals surface area contributed by atoms with Crippen LogP contribution in [0, 0.1) is 0 Å². The number of carbonyl (C=O) groups is 2. The van der Waals surface area contributed by atoms with E-state index < -0.39 is 0 Å². The maximum absolute atomic E-state index is 12.4. The van der Waals surface area contributed by atoms with Crippen molar-refractivity contribution in [2.45, 2.75) is 26.2 Å². The highest BCUT2D eigenvalue weighted by Crippen LogP contribution is 2.31. The third kappa shape index (κ3) is 4.40. The van der Waals surface area contributed by atoms with E-state index in [2.05, 4.69) is 33.2 Å². The lowest BCUT2D eigenvalue weighted by atomic mass is 10.1. The van der Waals surface area contributed by atoms with Crippen molar-refractivity contribution in [2.24, 2.45) is 0 Å². The summed E-state index contributed by atoms with van der Waals surface area (Å²) in [6.45, 7) is 1.94. The van der Waals surface area contributed by atoms with Gasteiger partial charge in [0, 0.05) is 5.69 Å². The molecule has 2 heterocycles. The third-order valence-corrected chi connectivity index (χ3v) is 4.51. The number of amides is 2. The number of hydrogen-bond donors (Lipinski definition) is 1. The minimum atomic E-state index is -0.298. The molecule has 0 aliphatic carbocycles. The number of nitrogens with zero attached hydrogens (tertiary/aromatic N) is 2. The SMILES string of the molecule is CCCCc1ccc(NC(=O)CN2C(=O)COc3ccc(Br)nc32)cc1. The Balaban J connectivity index is 1.66. The van der Waals surface area contributed by atoms with Gasteiger partial charge in [-0.05, 0) is 58.6 Å². The van der Waals surface area contributed by atoms with Crippen LogP contribution in [0.1, 0.15) is 25.3 Å². The molecule has 136 valence electrons. The Morgan fingerprint density at radius 3 is 2.77 bits per heavy atom. The van der Waals surface area contributed by atoms with E-state index in [0.717, 1.165) is 19.3 Å². The molecular weight excluding hydrogens is 398 g/mol. The van der Waals surface area contributed by atoms with Crippen LogP contribution in [0.4, 0.5) is 11.5 Å². The van der Waals surface area contributed by atoms with Gasteiger partial charge in [-0.3, -0.25) is 14.5 Å². The summed E-state index contributed by atoms with van der Waals surface area (Å²) in [5.41, 5.74) is 1.95. The Hall–Kier alpha value is -2.41. The topological polar surface area (TPSA) is 71.5 Å². The Kier molecular flexibility index (Phi) is 5.88. The van der Waals surface area contributed by atoms with E-state index in [4.69, 9.17) is 4.74 Å². The smallest absolute Gasteiger partial charge is 0.266 e. The number of aromatic nitrogens is 1. The van der Waals surface area contributed by atoms with Gasteiger partial charge < -0.3 is 10.1 Å². The van der Waals surface area contributed by atoms with Gasteiger partial charge in [0.05, 0.1) is 0 Å². The summed E-state index contributed by atoms with van der Waals surface area (Å²) in [7, 11) is 0. The fraction of sp³-hybridized carbons (Fsp3) is 0.316. The second kappa shape index (κ2) is 8.31. The van der Waals surface area contributed by atoms with Crippen molar-refractivity contribution in [3.63, 3.8) is 0 Å². The van der Waals surface area contributed by atoms with Gasteiger partial charge in [-0.15, -0.1) is 0 Å². The molecule has 0 atom stereocenters. The molecule has 0 radical (unpaired) electrons. The first-order valence-electron chi connectivity index (χ1n) is 8.55. The van der Waals surface area contributed by atoms with Gasteiger partial charge in [0.15, 0.2) is 18.2 Å². The number of unbranched alkanes of at least 4 members (excludes halogenated alkanes) is 1. The molecule has 0 fully saturated rings. The zero-order valence-electron chi connectivity index (χ0n) is 14.5. The molecular formula is C19H20BrN3O3. The molecule has 7 heteroatoms. The summed E-state index contributed by atoms with van der Waals surface area (Å²) < 4.78 is 5.93. The Morgan fingerprint density at radius 1 is 1.27 bits per heavy atom. The summed E-state index contributed by atoms with van der Waals surface area (Å²) in [6.07, 6.45) is 3.33. The number of pyridine rings is 1. The van der Waals surface area contributed by atoms with Crippen molar-refractivity contribution in [3.8, 4) is 5.75 Å². The van der Waals surface area contributed by atoms with E-state index in [1.165, 1.54) is 10.5 Å². The average Bonchev–Trinajstić information content (AvgIpc) is 2.63. The van der Waals surface area contributed by atoms with Crippen LogP contribution in [-0.4, -0.2) is 29.9 Å². The molecule has 2 aromatic rings. The van der Waals surface area contributed by atoms with Crippen molar-refractivity contribution in [2.75, 3.05) is 23.4 Å². The number of hydrogen-bond acceptors (Lipinski definition) is 4. The summed E-state index contributed by atoms with van der Waals surface area (Å²) in [5, 5.41) is 2.83. The predicted molar refractivity (Wildman–Crippen MR) is 103 cm³/mol. The second-order valence-corrected chi connectivity index (χ2v) is 6.89. The van der Waals surface area contributed by atoms with Crippen molar-refractivity contribution < 1.29 is 14.3 Å². The van der Waals surface area contributed by atoms with E-state index >= 15 is 0 Å². The maximum Gasteiger partial charge on any atom is 0.266 e. The summed E-state index contributed by atoms with van der Waals surface area (Å²) in [6, 6.07) is 11.2. The van der Waals surface area contributed by atoms with Gasteiger partial charge in [0.2, 0.25) is 5.91 Å². The minimum Gasteiger partial charge on any atom is -0.480 e. The molecule has 1 aromatic heterocycles. The second-order valence-electron chi connectivity index (χ2n) is 6.07. The highest BCUT2D eigenvalue weighted by atomic mass is 79.9. The number of anilines is 2. The number of carbonyl (C=O) groups excluding carboxylic acids is 2. The largest absolute Gasteiger partial charge is 0.480 e. The van der Waals surface area contributed by atoms with Crippen LogP contribution in [0.2, 0.25) is 0 Å².